The van der Waals surface area contributed by atoms with Crippen LogP contribution in [0.1, 0.15) is 17.5 Å². The predicted octanol–water partition coefficient (Wildman–Crippen LogP) is 2.06. The van der Waals surface area contributed by atoms with Gasteiger partial charge in [0.1, 0.15) is 0 Å². The summed E-state index contributed by atoms with van der Waals surface area (Å²) < 4.78 is 18.6. The van der Waals surface area contributed by atoms with Gasteiger partial charge in [0.2, 0.25) is 5.95 Å². The number of aryl methyl sites for hydroxylation is 1. The van der Waals surface area contributed by atoms with Crippen molar-refractivity contribution in [2.24, 2.45) is 0 Å². The minimum absolute atomic E-state index is 0.106. The van der Waals surface area contributed by atoms with E-state index in [0.29, 0.717) is 18.8 Å². The van der Waals surface area contributed by atoms with Crippen molar-refractivity contribution in [2.75, 3.05) is 5.32 Å². The third-order valence-corrected chi connectivity index (χ3v) is 3.68. The van der Waals surface area contributed by atoms with Crippen molar-refractivity contribution in [3.63, 3.8) is 0 Å². The van der Waals surface area contributed by atoms with Crippen molar-refractivity contribution in [2.45, 2.75) is 25.3 Å². The predicted molar refractivity (Wildman–Crippen MR) is 78.8 cm³/mol. The Labute approximate surface area is 131 Å². The monoisotopic (exact) mass is 318 g/mol. The van der Waals surface area contributed by atoms with Gasteiger partial charge in [-0.05, 0) is 48.6 Å². The summed E-state index contributed by atoms with van der Waals surface area (Å²) in [6, 6.07) is 4.69. The summed E-state index contributed by atoms with van der Waals surface area (Å²) in [7, 11) is 0. The van der Waals surface area contributed by atoms with Gasteiger partial charge in [-0.25, -0.2) is 24.6 Å². The Balaban J connectivity index is 1.76. The Morgan fingerprint density at radius 3 is 2.83 bits per heavy atom. The first-order valence-electron chi connectivity index (χ1n) is 7.12. The second-order valence-electron chi connectivity index (χ2n) is 5.21. The zero-order valence-corrected chi connectivity index (χ0v) is 12.1. The highest BCUT2D eigenvalue weighted by Gasteiger charge is 2.22. The maximum atomic E-state index is 13.9. The van der Waals surface area contributed by atoms with E-state index in [1.54, 1.807) is 18.5 Å². The molecule has 3 N–H and O–H groups in total. The molecule has 0 bridgehead atoms. The summed E-state index contributed by atoms with van der Waals surface area (Å²) in [5.41, 5.74) is 3.07. The number of anilines is 1. The standard InChI is InChI=1S/C15H15FN4O3/c16-12-7-9-2-3-11(19-14-17-4-1-5-18-14)6-10(9)8-13(12)23-15(21)20-22/h1,4-5,7-8,11,22H,2-3,6H2,(H,20,21)(H,17,18,19). The lowest BCUT2D eigenvalue weighted by molar-refractivity contribution is 0.126. The summed E-state index contributed by atoms with van der Waals surface area (Å²) in [6.45, 7) is 0. The van der Waals surface area contributed by atoms with Gasteiger partial charge < -0.3 is 10.1 Å². The van der Waals surface area contributed by atoms with Crippen LogP contribution in [0.2, 0.25) is 0 Å². The van der Waals surface area contributed by atoms with Gasteiger partial charge in [0, 0.05) is 18.4 Å². The van der Waals surface area contributed by atoms with Crippen LogP contribution in [0.4, 0.5) is 15.1 Å². The number of carbonyl (C=O) groups excluding carboxylic acids is 1. The number of carbonyl (C=O) groups is 1. The molecule has 0 spiro atoms. The normalized spacial score (nSPS) is 16.3. The molecule has 120 valence electrons. The minimum Gasteiger partial charge on any atom is -0.406 e. The van der Waals surface area contributed by atoms with Gasteiger partial charge in [-0.3, -0.25) is 5.21 Å². The van der Waals surface area contributed by atoms with Crippen molar-refractivity contribution in [3.8, 4) is 5.75 Å². The molecule has 0 radical (unpaired) electrons. The molecule has 1 aromatic heterocycles. The van der Waals surface area contributed by atoms with E-state index in [4.69, 9.17) is 9.94 Å². The van der Waals surface area contributed by atoms with Crippen LogP contribution < -0.4 is 15.5 Å². The summed E-state index contributed by atoms with van der Waals surface area (Å²) in [5.74, 6) is -0.309. The number of hydroxylamine groups is 1. The number of hydrogen-bond donors (Lipinski definition) is 3. The fraction of sp³-hybridized carbons (Fsp3) is 0.267. The van der Waals surface area contributed by atoms with Gasteiger partial charge in [0.25, 0.3) is 0 Å². The van der Waals surface area contributed by atoms with E-state index < -0.39 is 11.9 Å². The lowest BCUT2D eigenvalue weighted by Crippen LogP contribution is -2.28. The fourth-order valence-electron chi connectivity index (χ4n) is 2.64. The number of rotatable bonds is 3. The quantitative estimate of drug-likeness (QED) is 0.592. The van der Waals surface area contributed by atoms with Crippen molar-refractivity contribution in [1.29, 1.82) is 0 Å². The molecule has 2 aromatic rings. The van der Waals surface area contributed by atoms with Crippen molar-refractivity contribution >= 4 is 12.0 Å². The lowest BCUT2D eigenvalue weighted by atomic mass is 9.88. The molecule has 0 saturated heterocycles. The molecule has 1 aromatic carbocycles. The Bertz CT molecular complexity index is 711. The molecule has 1 aliphatic carbocycles. The molecular weight excluding hydrogens is 303 g/mol. The van der Waals surface area contributed by atoms with Crippen LogP contribution in [0, 0.1) is 5.82 Å². The van der Waals surface area contributed by atoms with Crippen LogP contribution in [-0.2, 0) is 12.8 Å². The molecule has 0 fully saturated rings. The molecule has 1 unspecified atom stereocenters. The van der Waals surface area contributed by atoms with Crippen LogP contribution in [0.15, 0.2) is 30.6 Å². The third-order valence-electron chi connectivity index (χ3n) is 3.68. The van der Waals surface area contributed by atoms with Gasteiger partial charge in [-0.15, -0.1) is 0 Å². The highest BCUT2D eigenvalue weighted by molar-refractivity contribution is 5.69. The number of nitrogens with one attached hydrogen (secondary N) is 2. The first kappa shape index (κ1) is 15.2. The van der Waals surface area contributed by atoms with Crippen LogP contribution >= 0.6 is 0 Å². The van der Waals surface area contributed by atoms with Gasteiger partial charge >= 0.3 is 6.09 Å². The number of nitrogens with zero attached hydrogens (tertiary/aromatic N) is 2. The molecule has 1 aliphatic rings. The SMILES string of the molecule is O=C(NO)Oc1cc2c(cc1F)CCC(Nc1ncccn1)C2. The van der Waals surface area contributed by atoms with Crippen LogP contribution in [0.3, 0.4) is 0 Å². The summed E-state index contributed by atoms with van der Waals surface area (Å²) >= 11 is 0. The third kappa shape index (κ3) is 3.54. The number of amides is 1. The van der Waals surface area contributed by atoms with E-state index in [0.717, 1.165) is 17.5 Å². The summed E-state index contributed by atoms with van der Waals surface area (Å²) in [6.07, 6.45) is 4.32. The largest absolute Gasteiger partial charge is 0.436 e. The smallest absolute Gasteiger partial charge is 0.406 e. The van der Waals surface area contributed by atoms with E-state index in [-0.39, 0.29) is 11.8 Å². The van der Waals surface area contributed by atoms with Crippen molar-refractivity contribution in [3.05, 3.63) is 47.5 Å². The fourth-order valence-corrected chi connectivity index (χ4v) is 2.64. The maximum absolute atomic E-state index is 13.9. The molecule has 0 aliphatic heterocycles. The van der Waals surface area contributed by atoms with E-state index in [1.807, 2.05) is 0 Å². The first-order chi connectivity index (χ1) is 11.2. The van der Waals surface area contributed by atoms with E-state index >= 15 is 0 Å². The Kier molecular flexibility index (Phi) is 4.33. The van der Waals surface area contributed by atoms with E-state index in [1.165, 1.54) is 17.6 Å². The number of benzene rings is 1. The zero-order chi connectivity index (χ0) is 16.2. The molecule has 0 saturated carbocycles. The van der Waals surface area contributed by atoms with E-state index in [2.05, 4.69) is 15.3 Å². The summed E-state index contributed by atoms with van der Waals surface area (Å²) in [4.78, 5) is 19.3. The molecule has 23 heavy (non-hydrogen) atoms. The molecule has 3 rings (SSSR count). The number of ether oxygens (including phenoxy) is 1. The van der Waals surface area contributed by atoms with Crippen molar-refractivity contribution < 1.29 is 19.1 Å². The maximum Gasteiger partial charge on any atom is 0.436 e. The second-order valence-corrected chi connectivity index (χ2v) is 5.21. The number of fused-ring (bicyclic) bond motifs is 1. The Hall–Kier alpha value is -2.74. The number of hydrogen-bond acceptors (Lipinski definition) is 6. The van der Waals surface area contributed by atoms with Crippen molar-refractivity contribution in [1.82, 2.24) is 15.4 Å². The van der Waals surface area contributed by atoms with Gasteiger partial charge in [0.15, 0.2) is 11.6 Å². The minimum atomic E-state index is -1.13. The average Bonchev–Trinajstić information content (AvgIpc) is 2.56. The van der Waals surface area contributed by atoms with E-state index in [9.17, 15) is 9.18 Å². The average molecular weight is 318 g/mol. The number of halogens is 1. The highest BCUT2D eigenvalue weighted by atomic mass is 19.1. The molecular formula is C15H15FN4O3. The van der Waals surface area contributed by atoms with Gasteiger partial charge in [-0.2, -0.15) is 0 Å². The lowest BCUT2D eigenvalue weighted by Gasteiger charge is -2.26. The summed E-state index contributed by atoms with van der Waals surface area (Å²) in [5, 5.41) is 11.7. The van der Waals surface area contributed by atoms with Gasteiger partial charge in [0.05, 0.1) is 0 Å². The molecule has 1 heterocycles. The topological polar surface area (TPSA) is 96.4 Å². The zero-order valence-electron chi connectivity index (χ0n) is 12.1. The number of aromatic nitrogens is 2. The Morgan fingerprint density at radius 2 is 2.09 bits per heavy atom. The highest BCUT2D eigenvalue weighted by Crippen LogP contribution is 2.29. The van der Waals surface area contributed by atoms with Gasteiger partial charge in [-0.1, -0.05) is 0 Å². The van der Waals surface area contributed by atoms with Crippen LogP contribution in [-0.4, -0.2) is 27.3 Å². The Morgan fingerprint density at radius 1 is 1.30 bits per heavy atom. The van der Waals surface area contributed by atoms with Crippen LogP contribution in [0.25, 0.3) is 0 Å². The molecule has 1 amide bonds. The molecule has 1 atom stereocenters. The first-order valence-corrected chi connectivity index (χ1v) is 7.12. The molecule has 8 heteroatoms. The van der Waals surface area contributed by atoms with Crippen LogP contribution in [0.5, 0.6) is 5.75 Å². The molecule has 7 nitrogen and oxygen atoms in total. The second kappa shape index (κ2) is 6.57.